The highest BCUT2D eigenvalue weighted by Gasteiger charge is 2.29. The summed E-state index contributed by atoms with van der Waals surface area (Å²) in [5.41, 5.74) is 4.45. The third-order valence-electron chi connectivity index (χ3n) is 5.69. The van der Waals surface area contributed by atoms with Crippen molar-refractivity contribution in [1.29, 1.82) is 0 Å². The van der Waals surface area contributed by atoms with Crippen LogP contribution in [0.5, 0.6) is 0 Å². The summed E-state index contributed by atoms with van der Waals surface area (Å²) < 4.78 is 10.8. The molecular formula is C25H25N3O6. The SMILES string of the molecule is CCCN(CC(=O)O)C(=O)c1ncoc1CNC(=O)OCC1c2ccccc2-c2ccccc21. The molecule has 1 aliphatic carbocycles. The van der Waals surface area contributed by atoms with Gasteiger partial charge in [0.05, 0.1) is 6.54 Å². The molecule has 0 bridgehead atoms. The summed E-state index contributed by atoms with van der Waals surface area (Å²) in [7, 11) is 0. The van der Waals surface area contributed by atoms with Crippen LogP contribution >= 0.6 is 0 Å². The van der Waals surface area contributed by atoms with E-state index < -0.39 is 24.5 Å². The minimum Gasteiger partial charge on any atom is -0.480 e. The lowest BCUT2D eigenvalue weighted by Crippen LogP contribution is -2.37. The molecule has 1 aromatic heterocycles. The van der Waals surface area contributed by atoms with E-state index in [-0.39, 0.29) is 37.1 Å². The van der Waals surface area contributed by atoms with E-state index in [9.17, 15) is 14.4 Å². The third kappa shape index (κ3) is 4.78. The Hall–Kier alpha value is -4.14. The summed E-state index contributed by atoms with van der Waals surface area (Å²) in [4.78, 5) is 41.3. The monoisotopic (exact) mass is 463 g/mol. The van der Waals surface area contributed by atoms with Crippen LogP contribution in [0.3, 0.4) is 0 Å². The zero-order valence-electron chi connectivity index (χ0n) is 18.7. The summed E-state index contributed by atoms with van der Waals surface area (Å²) in [6.07, 6.45) is 1.02. The number of carboxylic acid groups (broad SMARTS) is 1. The van der Waals surface area contributed by atoms with E-state index in [4.69, 9.17) is 14.3 Å². The minimum absolute atomic E-state index is 0.0337. The maximum atomic E-state index is 12.7. The van der Waals surface area contributed by atoms with E-state index in [1.54, 1.807) is 0 Å². The van der Waals surface area contributed by atoms with E-state index in [0.29, 0.717) is 6.42 Å². The predicted octanol–water partition coefficient (Wildman–Crippen LogP) is 3.65. The first-order valence-electron chi connectivity index (χ1n) is 11.0. The number of benzene rings is 2. The van der Waals surface area contributed by atoms with Crippen molar-refractivity contribution in [2.45, 2.75) is 25.8 Å². The molecule has 1 aliphatic rings. The standard InChI is InChI=1S/C25H25N3O6/c1-2-11-28(13-22(29)30)24(31)23-21(34-15-27-23)12-26-25(32)33-14-20-18-9-5-3-7-16(18)17-8-4-6-10-19(17)20/h3-10,15,20H,2,11-14H2,1H3,(H,26,32)(H,29,30). The molecule has 0 fully saturated rings. The van der Waals surface area contributed by atoms with Crippen molar-refractivity contribution in [3.05, 3.63) is 77.5 Å². The molecule has 2 amide bonds. The average molecular weight is 463 g/mol. The van der Waals surface area contributed by atoms with Crippen LogP contribution < -0.4 is 5.32 Å². The quantitative estimate of drug-likeness (QED) is 0.497. The number of nitrogens with zero attached hydrogens (tertiary/aromatic N) is 2. The first-order valence-corrected chi connectivity index (χ1v) is 11.0. The molecule has 0 unspecified atom stereocenters. The highest BCUT2D eigenvalue weighted by atomic mass is 16.5. The molecule has 0 atom stereocenters. The molecule has 0 saturated heterocycles. The Labute approximate surface area is 196 Å². The van der Waals surface area contributed by atoms with Gasteiger partial charge in [0.2, 0.25) is 0 Å². The molecule has 0 aliphatic heterocycles. The number of carbonyl (C=O) groups excluding carboxylic acids is 2. The first kappa shape index (κ1) is 23.0. The second-order valence-electron chi connectivity index (χ2n) is 7.92. The van der Waals surface area contributed by atoms with Crippen molar-refractivity contribution in [3.8, 4) is 11.1 Å². The Bertz CT molecular complexity index is 1160. The number of aliphatic carboxylic acids is 1. The fourth-order valence-electron chi connectivity index (χ4n) is 4.21. The number of carbonyl (C=O) groups is 3. The van der Waals surface area contributed by atoms with Gasteiger partial charge in [-0.25, -0.2) is 9.78 Å². The maximum absolute atomic E-state index is 12.7. The zero-order chi connectivity index (χ0) is 24.1. The second-order valence-corrected chi connectivity index (χ2v) is 7.92. The normalized spacial score (nSPS) is 12.0. The maximum Gasteiger partial charge on any atom is 0.407 e. The van der Waals surface area contributed by atoms with Crippen LogP contribution in [0.25, 0.3) is 11.1 Å². The topological polar surface area (TPSA) is 122 Å². The number of ether oxygens (including phenoxy) is 1. The Morgan fingerprint density at radius 2 is 1.74 bits per heavy atom. The third-order valence-corrected chi connectivity index (χ3v) is 5.69. The van der Waals surface area contributed by atoms with Gasteiger partial charge < -0.3 is 24.5 Å². The van der Waals surface area contributed by atoms with Crippen LogP contribution in [-0.4, -0.2) is 52.7 Å². The van der Waals surface area contributed by atoms with Gasteiger partial charge in [-0.15, -0.1) is 0 Å². The summed E-state index contributed by atoms with van der Waals surface area (Å²) in [6.45, 7) is 1.69. The highest BCUT2D eigenvalue weighted by Crippen LogP contribution is 2.44. The number of rotatable bonds is 9. The Morgan fingerprint density at radius 1 is 1.09 bits per heavy atom. The molecule has 9 nitrogen and oxygen atoms in total. The van der Waals surface area contributed by atoms with Gasteiger partial charge in [-0.05, 0) is 28.7 Å². The number of amides is 2. The zero-order valence-corrected chi connectivity index (χ0v) is 18.7. The van der Waals surface area contributed by atoms with E-state index in [2.05, 4.69) is 22.4 Å². The van der Waals surface area contributed by atoms with Gasteiger partial charge in [0.1, 0.15) is 13.2 Å². The largest absolute Gasteiger partial charge is 0.480 e. The summed E-state index contributed by atoms with van der Waals surface area (Å²) in [6, 6.07) is 16.1. The number of hydrogen-bond acceptors (Lipinski definition) is 6. The number of fused-ring (bicyclic) bond motifs is 3. The van der Waals surface area contributed by atoms with Crippen LogP contribution in [0.4, 0.5) is 4.79 Å². The predicted molar refractivity (Wildman–Crippen MR) is 122 cm³/mol. The van der Waals surface area contributed by atoms with Crippen LogP contribution in [0, 0.1) is 0 Å². The number of alkyl carbamates (subject to hydrolysis) is 1. The van der Waals surface area contributed by atoms with Gasteiger partial charge in [0.15, 0.2) is 17.8 Å². The number of carboxylic acids is 1. The molecule has 3 aromatic rings. The molecule has 0 saturated carbocycles. The van der Waals surface area contributed by atoms with E-state index in [0.717, 1.165) is 28.6 Å². The molecule has 0 spiro atoms. The van der Waals surface area contributed by atoms with Crippen molar-refractivity contribution in [2.75, 3.05) is 19.7 Å². The lowest BCUT2D eigenvalue weighted by molar-refractivity contribution is -0.137. The van der Waals surface area contributed by atoms with Crippen molar-refractivity contribution in [3.63, 3.8) is 0 Å². The molecule has 0 radical (unpaired) electrons. The fourth-order valence-corrected chi connectivity index (χ4v) is 4.21. The molecule has 9 heteroatoms. The molecular weight excluding hydrogens is 438 g/mol. The summed E-state index contributed by atoms with van der Waals surface area (Å²) in [5.74, 6) is -1.63. The van der Waals surface area contributed by atoms with E-state index in [1.165, 1.54) is 4.90 Å². The van der Waals surface area contributed by atoms with Crippen LogP contribution in [-0.2, 0) is 16.1 Å². The number of hydrogen-bond donors (Lipinski definition) is 2. The first-order chi connectivity index (χ1) is 16.5. The van der Waals surface area contributed by atoms with Crippen LogP contribution in [0.1, 0.15) is 46.6 Å². The number of oxazole rings is 1. The molecule has 176 valence electrons. The Kier molecular flexibility index (Phi) is 6.91. The molecule has 4 rings (SSSR count). The second kappa shape index (κ2) is 10.2. The molecule has 2 aromatic carbocycles. The Morgan fingerprint density at radius 3 is 2.35 bits per heavy atom. The van der Waals surface area contributed by atoms with Crippen LogP contribution in [0.2, 0.25) is 0 Å². The Balaban J connectivity index is 1.38. The molecule has 34 heavy (non-hydrogen) atoms. The van der Waals surface area contributed by atoms with Gasteiger partial charge in [0, 0.05) is 12.5 Å². The lowest BCUT2D eigenvalue weighted by atomic mass is 9.98. The lowest BCUT2D eigenvalue weighted by Gasteiger charge is -2.19. The van der Waals surface area contributed by atoms with Crippen molar-refractivity contribution < 1.29 is 28.6 Å². The van der Waals surface area contributed by atoms with Gasteiger partial charge in [0.25, 0.3) is 5.91 Å². The van der Waals surface area contributed by atoms with E-state index in [1.807, 2.05) is 43.3 Å². The highest BCUT2D eigenvalue weighted by molar-refractivity contribution is 5.95. The number of nitrogens with one attached hydrogen (secondary N) is 1. The summed E-state index contributed by atoms with van der Waals surface area (Å²) in [5, 5.41) is 11.6. The van der Waals surface area contributed by atoms with Gasteiger partial charge in [-0.3, -0.25) is 9.59 Å². The summed E-state index contributed by atoms with van der Waals surface area (Å²) >= 11 is 0. The molecule has 1 heterocycles. The van der Waals surface area contributed by atoms with E-state index >= 15 is 0 Å². The van der Waals surface area contributed by atoms with Gasteiger partial charge in [-0.1, -0.05) is 55.5 Å². The fraction of sp³-hybridized carbons (Fsp3) is 0.280. The van der Waals surface area contributed by atoms with Gasteiger partial charge >= 0.3 is 12.1 Å². The van der Waals surface area contributed by atoms with Gasteiger partial charge in [-0.2, -0.15) is 0 Å². The van der Waals surface area contributed by atoms with Crippen molar-refractivity contribution >= 4 is 18.0 Å². The average Bonchev–Trinajstić information content (AvgIpc) is 3.43. The number of aromatic nitrogens is 1. The molecule has 2 N–H and O–H groups in total. The van der Waals surface area contributed by atoms with Crippen molar-refractivity contribution in [1.82, 2.24) is 15.2 Å². The van der Waals surface area contributed by atoms with Crippen molar-refractivity contribution in [2.24, 2.45) is 0 Å². The van der Waals surface area contributed by atoms with Crippen LogP contribution in [0.15, 0.2) is 59.3 Å². The minimum atomic E-state index is -1.12. The smallest absolute Gasteiger partial charge is 0.407 e.